The SMILES string of the molecule is Cc1ccccc1CC(C(C)C)C(C)O. The van der Waals surface area contributed by atoms with E-state index in [9.17, 15) is 5.11 Å². The van der Waals surface area contributed by atoms with E-state index >= 15 is 0 Å². The third-order valence-electron chi connectivity index (χ3n) is 3.19. The number of hydrogen-bond donors (Lipinski definition) is 1. The normalized spacial score (nSPS) is 15.3. The van der Waals surface area contributed by atoms with Crippen molar-refractivity contribution in [1.29, 1.82) is 0 Å². The topological polar surface area (TPSA) is 20.2 Å². The van der Waals surface area contributed by atoms with Crippen LogP contribution in [0.15, 0.2) is 24.3 Å². The van der Waals surface area contributed by atoms with E-state index in [1.807, 2.05) is 6.92 Å². The Morgan fingerprint density at radius 1 is 1.13 bits per heavy atom. The molecule has 1 rings (SSSR count). The van der Waals surface area contributed by atoms with Crippen LogP contribution in [0.5, 0.6) is 0 Å². The average Bonchev–Trinajstić information content (AvgIpc) is 2.15. The molecule has 1 N–H and O–H groups in total. The van der Waals surface area contributed by atoms with E-state index in [0.29, 0.717) is 11.8 Å². The molecule has 15 heavy (non-hydrogen) atoms. The molecule has 1 aromatic rings. The van der Waals surface area contributed by atoms with Crippen molar-refractivity contribution in [3.8, 4) is 0 Å². The summed E-state index contributed by atoms with van der Waals surface area (Å²) >= 11 is 0. The monoisotopic (exact) mass is 206 g/mol. The smallest absolute Gasteiger partial charge is 0.0545 e. The Bertz CT molecular complexity index is 294. The minimum Gasteiger partial charge on any atom is -0.393 e. The van der Waals surface area contributed by atoms with E-state index in [0.717, 1.165) is 6.42 Å². The van der Waals surface area contributed by atoms with Crippen LogP contribution in [0.1, 0.15) is 31.9 Å². The van der Waals surface area contributed by atoms with Crippen molar-refractivity contribution in [1.82, 2.24) is 0 Å². The second-order valence-electron chi connectivity index (χ2n) is 4.78. The summed E-state index contributed by atoms with van der Waals surface area (Å²) in [5.41, 5.74) is 2.68. The lowest BCUT2D eigenvalue weighted by molar-refractivity contribution is 0.0976. The van der Waals surface area contributed by atoms with Crippen molar-refractivity contribution in [3.05, 3.63) is 35.4 Å². The van der Waals surface area contributed by atoms with Crippen molar-refractivity contribution in [2.24, 2.45) is 11.8 Å². The molecule has 0 aliphatic rings. The Labute approximate surface area is 93.1 Å². The maximum absolute atomic E-state index is 9.73. The molecule has 1 heteroatoms. The molecule has 0 radical (unpaired) electrons. The third-order valence-corrected chi connectivity index (χ3v) is 3.19. The summed E-state index contributed by atoms with van der Waals surface area (Å²) in [6.07, 6.45) is 0.742. The van der Waals surface area contributed by atoms with Gasteiger partial charge in [0.05, 0.1) is 6.10 Å². The van der Waals surface area contributed by atoms with Crippen LogP contribution in [0.4, 0.5) is 0 Å². The summed E-state index contributed by atoms with van der Waals surface area (Å²) in [6.45, 7) is 8.38. The zero-order valence-corrected chi connectivity index (χ0v) is 10.2. The lowest BCUT2D eigenvalue weighted by Gasteiger charge is -2.24. The first-order chi connectivity index (χ1) is 7.02. The van der Waals surface area contributed by atoms with Crippen LogP contribution in [0.25, 0.3) is 0 Å². The molecule has 0 aliphatic carbocycles. The highest BCUT2D eigenvalue weighted by Crippen LogP contribution is 2.22. The molecule has 84 valence electrons. The fraction of sp³-hybridized carbons (Fsp3) is 0.571. The molecule has 0 fully saturated rings. The Morgan fingerprint density at radius 2 is 1.73 bits per heavy atom. The summed E-state index contributed by atoms with van der Waals surface area (Å²) in [7, 11) is 0. The van der Waals surface area contributed by atoms with E-state index in [2.05, 4.69) is 45.0 Å². The van der Waals surface area contributed by atoms with Gasteiger partial charge < -0.3 is 5.11 Å². The molecule has 0 bridgehead atoms. The van der Waals surface area contributed by atoms with Crippen molar-refractivity contribution >= 4 is 0 Å². The Hall–Kier alpha value is -0.820. The van der Waals surface area contributed by atoms with E-state index in [-0.39, 0.29) is 6.10 Å². The van der Waals surface area contributed by atoms with Gasteiger partial charge in [-0.2, -0.15) is 0 Å². The molecule has 1 nitrogen and oxygen atoms in total. The van der Waals surface area contributed by atoms with Crippen LogP contribution >= 0.6 is 0 Å². The molecule has 0 heterocycles. The number of aryl methyl sites for hydroxylation is 1. The maximum Gasteiger partial charge on any atom is 0.0545 e. The summed E-state index contributed by atoms with van der Waals surface area (Å²) < 4.78 is 0. The van der Waals surface area contributed by atoms with Gasteiger partial charge in [0.1, 0.15) is 0 Å². The highest BCUT2D eigenvalue weighted by Gasteiger charge is 2.19. The summed E-state index contributed by atoms with van der Waals surface area (Å²) in [5.74, 6) is 0.871. The largest absolute Gasteiger partial charge is 0.393 e. The maximum atomic E-state index is 9.73. The zero-order chi connectivity index (χ0) is 11.4. The van der Waals surface area contributed by atoms with E-state index < -0.39 is 0 Å². The van der Waals surface area contributed by atoms with Gasteiger partial charge in [0.15, 0.2) is 0 Å². The second-order valence-corrected chi connectivity index (χ2v) is 4.78. The molecule has 2 atom stereocenters. The average molecular weight is 206 g/mol. The Kier molecular flexibility index (Phi) is 4.34. The number of rotatable bonds is 4. The van der Waals surface area contributed by atoms with Crippen molar-refractivity contribution < 1.29 is 5.11 Å². The Balaban J connectivity index is 2.79. The van der Waals surface area contributed by atoms with E-state index in [1.54, 1.807) is 0 Å². The molecule has 0 aromatic heterocycles. The minimum atomic E-state index is -0.232. The molecule has 0 aliphatic heterocycles. The fourth-order valence-electron chi connectivity index (χ4n) is 2.06. The highest BCUT2D eigenvalue weighted by atomic mass is 16.3. The van der Waals surface area contributed by atoms with Crippen molar-refractivity contribution in [2.45, 2.75) is 40.2 Å². The van der Waals surface area contributed by atoms with Crippen LogP contribution in [0, 0.1) is 18.8 Å². The van der Waals surface area contributed by atoms with E-state index in [4.69, 9.17) is 0 Å². The van der Waals surface area contributed by atoms with Gasteiger partial charge in [-0.25, -0.2) is 0 Å². The molecule has 0 saturated carbocycles. The molecule has 1 aromatic carbocycles. The van der Waals surface area contributed by atoms with Gasteiger partial charge in [-0.1, -0.05) is 38.1 Å². The van der Waals surface area contributed by atoms with Gasteiger partial charge in [0.25, 0.3) is 0 Å². The predicted octanol–water partition coefficient (Wildman–Crippen LogP) is 3.19. The van der Waals surface area contributed by atoms with Crippen molar-refractivity contribution in [3.63, 3.8) is 0 Å². The fourth-order valence-corrected chi connectivity index (χ4v) is 2.06. The van der Waals surface area contributed by atoms with Gasteiger partial charge in [-0.15, -0.1) is 0 Å². The van der Waals surface area contributed by atoms with Crippen LogP contribution in [-0.2, 0) is 6.42 Å². The van der Waals surface area contributed by atoms with Gasteiger partial charge in [-0.3, -0.25) is 0 Å². The number of benzene rings is 1. The zero-order valence-electron chi connectivity index (χ0n) is 10.2. The first-order valence-electron chi connectivity index (χ1n) is 5.75. The quantitative estimate of drug-likeness (QED) is 0.802. The molecular weight excluding hydrogens is 184 g/mol. The summed E-state index contributed by atoms with van der Waals surface area (Å²) in [4.78, 5) is 0. The van der Waals surface area contributed by atoms with Crippen LogP contribution in [0.3, 0.4) is 0 Å². The molecular formula is C14H22O. The highest BCUT2D eigenvalue weighted by molar-refractivity contribution is 5.26. The van der Waals surface area contributed by atoms with Gasteiger partial charge in [0.2, 0.25) is 0 Å². The Morgan fingerprint density at radius 3 is 2.20 bits per heavy atom. The van der Waals surface area contributed by atoms with Crippen LogP contribution in [-0.4, -0.2) is 11.2 Å². The van der Waals surface area contributed by atoms with Crippen LogP contribution in [0.2, 0.25) is 0 Å². The number of aliphatic hydroxyl groups is 1. The number of aliphatic hydroxyl groups excluding tert-OH is 1. The predicted molar refractivity (Wildman–Crippen MR) is 64.9 cm³/mol. The molecule has 0 amide bonds. The standard InChI is InChI=1S/C14H22O/c1-10(2)14(12(4)15)9-13-8-6-5-7-11(13)3/h5-8,10,12,14-15H,9H2,1-4H3. The van der Waals surface area contributed by atoms with Gasteiger partial charge in [-0.05, 0) is 43.2 Å². The van der Waals surface area contributed by atoms with Gasteiger partial charge >= 0.3 is 0 Å². The molecule has 0 saturated heterocycles. The van der Waals surface area contributed by atoms with Crippen molar-refractivity contribution in [2.75, 3.05) is 0 Å². The van der Waals surface area contributed by atoms with Crippen LogP contribution < -0.4 is 0 Å². The lowest BCUT2D eigenvalue weighted by Crippen LogP contribution is -2.24. The van der Waals surface area contributed by atoms with Gasteiger partial charge in [0, 0.05) is 0 Å². The van der Waals surface area contributed by atoms with E-state index in [1.165, 1.54) is 11.1 Å². The molecule has 2 unspecified atom stereocenters. The first-order valence-corrected chi connectivity index (χ1v) is 5.75. The first kappa shape index (κ1) is 12.3. The lowest BCUT2D eigenvalue weighted by atomic mass is 9.84. The number of hydrogen-bond acceptors (Lipinski definition) is 1. The second kappa shape index (κ2) is 5.32. The third kappa shape index (κ3) is 3.35. The summed E-state index contributed by atoms with van der Waals surface area (Å²) in [6, 6.07) is 8.43. The summed E-state index contributed by atoms with van der Waals surface area (Å²) in [5, 5.41) is 9.73. The molecule has 0 spiro atoms. The minimum absolute atomic E-state index is 0.232.